The van der Waals surface area contributed by atoms with Crippen molar-refractivity contribution in [1.82, 2.24) is 0 Å². The van der Waals surface area contributed by atoms with Crippen LogP contribution in [0.3, 0.4) is 0 Å². The summed E-state index contributed by atoms with van der Waals surface area (Å²) in [5, 5.41) is 3.90. The molecule has 1 aliphatic rings. The van der Waals surface area contributed by atoms with E-state index in [1.54, 1.807) is 0 Å². The third kappa shape index (κ3) is 1.93. The Balaban J connectivity index is 2.45. The second-order valence-electron chi connectivity index (χ2n) is 3.08. The maximum Gasteiger partial charge on any atom is 0.122 e. The van der Waals surface area contributed by atoms with Crippen LogP contribution in [0.25, 0.3) is 0 Å². The number of hydrogen-bond acceptors (Lipinski definition) is 3. The molecule has 0 saturated carbocycles. The Bertz CT molecular complexity index is 156. The monoisotopic (exact) mass is 156 g/mol. The summed E-state index contributed by atoms with van der Waals surface area (Å²) in [6.45, 7) is 4.99. The molecule has 64 valence electrons. The minimum Gasteiger partial charge on any atom is -0.395 e. The molecule has 1 aliphatic heterocycles. The van der Waals surface area contributed by atoms with Crippen molar-refractivity contribution in [2.75, 3.05) is 6.61 Å². The van der Waals surface area contributed by atoms with Gasteiger partial charge in [-0.2, -0.15) is 0 Å². The number of hydrogen-bond donors (Lipinski definition) is 1. The largest absolute Gasteiger partial charge is 0.395 e. The Morgan fingerprint density at radius 1 is 1.73 bits per heavy atom. The maximum atomic E-state index is 5.92. The number of rotatable bonds is 3. The van der Waals surface area contributed by atoms with Crippen LogP contribution >= 0.6 is 0 Å². The van der Waals surface area contributed by atoms with Crippen LogP contribution in [0.15, 0.2) is 5.16 Å². The summed E-state index contributed by atoms with van der Waals surface area (Å²) in [6, 6.07) is 0.0995. The van der Waals surface area contributed by atoms with Gasteiger partial charge in [-0.05, 0) is 5.92 Å². The van der Waals surface area contributed by atoms with E-state index in [1.807, 2.05) is 0 Å². The third-order valence-corrected chi connectivity index (χ3v) is 2.27. The lowest BCUT2D eigenvalue weighted by atomic mass is 9.95. The van der Waals surface area contributed by atoms with E-state index in [-0.39, 0.29) is 6.04 Å². The molecule has 0 unspecified atom stereocenters. The maximum absolute atomic E-state index is 5.92. The van der Waals surface area contributed by atoms with Gasteiger partial charge in [-0.1, -0.05) is 25.4 Å². The molecule has 0 bridgehead atoms. The molecule has 0 radical (unpaired) electrons. The molecule has 0 aromatic rings. The van der Waals surface area contributed by atoms with E-state index in [0.717, 1.165) is 18.6 Å². The van der Waals surface area contributed by atoms with Gasteiger partial charge in [0.05, 0.1) is 5.71 Å². The number of oxime groups is 1. The lowest BCUT2D eigenvalue weighted by Gasteiger charge is -2.16. The van der Waals surface area contributed by atoms with Gasteiger partial charge in [-0.25, -0.2) is 0 Å². The van der Waals surface area contributed by atoms with Crippen molar-refractivity contribution < 1.29 is 4.84 Å². The quantitative estimate of drug-likeness (QED) is 0.666. The highest BCUT2D eigenvalue weighted by Gasteiger charge is 2.20. The van der Waals surface area contributed by atoms with E-state index in [9.17, 15) is 0 Å². The number of nitrogens with zero attached hydrogens (tertiary/aromatic N) is 1. The molecule has 0 aromatic carbocycles. The molecule has 3 heteroatoms. The predicted molar refractivity (Wildman–Crippen MR) is 45.4 cm³/mol. The fourth-order valence-electron chi connectivity index (χ4n) is 1.13. The normalized spacial score (nSPS) is 22.3. The third-order valence-electron chi connectivity index (χ3n) is 2.27. The minimum atomic E-state index is 0.0995. The molecular formula is C8H16N2O. The summed E-state index contributed by atoms with van der Waals surface area (Å²) in [4.78, 5) is 4.88. The topological polar surface area (TPSA) is 47.6 Å². The summed E-state index contributed by atoms with van der Waals surface area (Å²) in [6.07, 6.45) is 2.01. The van der Waals surface area contributed by atoms with Gasteiger partial charge < -0.3 is 10.6 Å². The van der Waals surface area contributed by atoms with Crippen molar-refractivity contribution in [1.29, 1.82) is 0 Å². The fraction of sp³-hybridized carbons (Fsp3) is 0.875. The molecule has 0 aliphatic carbocycles. The average Bonchev–Trinajstić information content (AvgIpc) is 2.53. The molecule has 0 fully saturated rings. The summed E-state index contributed by atoms with van der Waals surface area (Å²) >= 11 is 0. The Labute approximate surface area is 67.6 Å². The summed E-state index contributed by atoms with van der Waals surface area (Å²) in [5.41, 5.74) is 6.95. The van der Waals surface area contributed by atoms with Gasteiger partial charge in [0.1, 0.15) is 6.61 Å². The first-order valence-electron chi connectivity index (χ1n) is 4.20. The lowest BCUT2D eigenvalue weighted by Crippen LogP contribution is -2.35. The zero-order chi connectivity index (χ0) is 8.27. The molecule has 0 amide bonds. The molecule has 3 nitrogen and oxygen atoms in total. The molecule has 2 atom stereocenters. The zero-order valence-electron chi connectivity index (χ0n) is 7.21. The molecule has 11 heavy (non-hydrogen) atoms. The van der Waals surface area contributed by atoms with Crippen molar-refractivity contribution in [2.24, 2.45) is 16.8 Å². The van der Waals surface area contributed by atoms with Crippen molar-refractivity contribution in [3.8, 4) is 0 Å². The van der Waals surface area contributed by atoms with Crippen molar-refractivity contribution >= 4 is 5.71 Å². The molecule has 2 N–H and O–H groups in total. The van der Waals surface area contributed by atoms with Crippen LogP contribution in [0.4, 0.5) is 0 Å². The molecule has 0 saturated heterocycles. The molecular weight excluding hydrogens is 140 g/mol. The van der Waals surface area contributed by atoms with Gasteiger partial charge in [0.2, 0.25) is 0 Å². The Kier molecular flexibility index (Phi) is 2.88. The molecule has 1 heterocycles. The van der Waals surface area contributed by atoms with Crippen LogP contribution in [-0.4, -0.2) is 18.4 Å². The summed E-state index contributed by atoms with van der Waals surface area (Å²) in [5.74, 6) is 0.510. The first kappa shape index (κ1) is 8.53. The fourth-order valence-corrected chi connectivity index (χ4v) is 1.13. The van der Waals surface area contributed by atoms with E-state index in [0.29, 0.717) is 12.5 Å². The van der Waals surface area contributed by atoms with Crippen LogP contribution < -0.4 is 5.73 Å². The van der Waals surface area contributed by atoms with Crippen molar-refractivity contribution in [3.63, 3.8) is 0 Å². The second-order valence-corrected chi connectivity index (χ2v) is 3.08. The van der Waals surface area contributed by atoms with Crippen LogP contribution in [0.5, 0.6) is 0 Å². The van der Waals surface area contributed by atoms with Crippen molar-refractivity contribution in [2.45, 2.75) is 32.7 Å². The van der Waals surface area contributed by atoms with Crippen LogP contribution in [0.2, 0.25) is 0 Å². The van der Waals surface area contributed by atoms with Crippen molar-refractivity contribution in [3.05, 3.63) is 0 Å². The van der Waals surface area contributed by atoms with E-state index in [4.69, 9.17) is 10.6 Å². The first-order valence-corrected chi connectivity index (χ1v) is 4.20. The molecule has 1 rings (SSSR count). The van der Waals surface area contributed by atoms with Gasteiger partial charge in [-0.15, -0.1) is 0 Å². The molecule has 0 spiro atoms. The Morgan fingerprint density at radius 3 is 2.91 bits per heavy atom. The smallest absolute Gasteiger partial charge is 0.122 e. The average molecular weight is 156 g/mol. The van der Waals surface area contributed by atoms with E-state index in [2.05, 4.69) is 19.0 Å². The lowest BCUT2D eigenvalue weighted by molar-refractivity contribution is 0.173. The second kappa shape index (κ2) is 3.72. The Hall–Kier alpha value is -0.570. The van der Waals surface area contributed by atoms with E-state index in [1.165, 1.54) is 0 Å². The SMILES string of the molecule is CC[C@H](C)[C@@H](N)C1=NOCC1. The highest BCUT2D eigenvalue weighted by atomic mass is 16.6. The minimum absolute atomic E-state index is 0.0995. The van der Waals surface area contributed by atoms with Crippen LogP contribution in [0.1, 0.15) is 26.7 Å². The van der Waals surface area contributed by atoms with Crippen LogP contribution in [-0.2, 0) is 4.84 Å². The highest BCUT2D eigenvalue weighted by Crippen LogP contribution is 2.12. The Morgan fingerprint density at radius 2 is 2.45 bits per heavy atom. The van der Waals surface area contributed by atoms with E-state index >= 15 is 0 Å². The standard InChI is InChI=1S/C8H16N2O/c1-3-6(2)8(9)7-4-5-11-10-7/h6,8H,3-5,9H2,1-2H3/t6-,8+/m0/s1. The van der Waals surface area contributed by atoms with E-state index < -0.39 is 0 Å². The number of nitrogens with two attached hydrogens (primary N) is 1. The van der Waals surface area contributed by atoms with Gasteiger partial charge in [-0.3, -0.25) is 0 Å². The van der Waals surface area contributed by atoms with Crippen LogP contribution in [0, 0.1) is 5.92 Å². The highest BCUT2D eigenvalue weighted by molar-refractivity contribution is 5.90. The summed E-state index contributed by atoms with van der Waals surface area (Å²) in [7, 11) is 0. The zero-order valence-corrected chi connectivity index (χ0v) is 7.21. The summed E-state index contributed by atoms with van der Waals surface area (Å²) < 4.78 is 0. The van der Waals surface area contributed by atoms with Gasteiger partial charge in [0, 0.05) is 12.5 Å². The van der Waals surface area contributed by atoms with Gasteiger partial charge in [0.15, 0.2) is 0 Å². The van der Waals surface area contributed by atoms with Gasteiger partial charge >= 0.3 is 0 Å². The molecule has 0 aromatic heterocycles. The van der Waals surface area contributed by atoms with Gasteiger partial charge in [0.25, 0.3) is 0 Å². The predicted octanol–water partition coefficient (Wildman–Crippen LogP) is 1.14. The first-order chi connectivity index (χ1) is 5.25.